The molecule has 0 spiro atoms. The van der Waals surface area contributed by atoms with Crippen molar-refractivity contribution in [2.75, 3.05) is 26.2 Å². The van der Waals surface area contributed by atoms with E-state index in [9.17, 15) is 4.79 Å². The van der Waals surface area contributed by atoms with Gasteiger partial charge in [-0.25, -0.2) is 0 Å². The van der Waals surface area contributed by atoms with E-state index in [-0.39, 0.29) is 11.3 Å². The summed E-state index contributed by atoms with van der Waals surface area (Å²) in [5.74, 6) is 0.181. The summed E-state index contributed by atoms with van der Waals surface area (Å²) in [6.07, 6.45) is 7.74. The maximum Gasteiger partial charge on any atom is 0.220 e. The van der Waals surface area contributed by atoms with Gasteiger partial charge in [-0.05, 0) is 50.5 Å². The van der Waals surface area contributed by atoms with Gasteiger partial charge in [-0.3, -0.25) is 4.79 Å². The van der Waals surface area contributed by atoms with Gasteiger partial charge in [-0.2, -0.15) is 0 Å². The van der Waals surface area contributed by atoms with Gasteiger partial charge >= 0.3 is 0 Å². The van der Waals surface area contributed by atoms with Crippen molar-refractivity contribution >= 4 is 5.91 Å². The topological polar surface area (TPSA) is 50.4 Å². The highest BCUT2D eigenvalue weighted by Crippen LogP contribution is 2.24. The van der Waals surface area contributed by atoms with E-state index in [1.165, 1.54) is 25.7 Å². The standard InChI is InChI=1S/C15H28N2O2/c1-15(8-4-9-16-11-15)12-17-14(18)7-6-13-5-2-3-10-19-13/h13,16H,2-12H2,1H3,(H,17,18). The molecule has 2 N–H and O–H groups in total. The molecule has 0 radical (unpaired) electrons. The molecule has 4 heteroatoms. The van der Waals surface area contributed by atoms with E-state index < -0.39 is 0 Å². The van der Waals surface area contributed by atoms with Crippen LogP contribution in [0.15, 0.2) is 0 Å². The van der Waals surface area contributed by atoms with Crippen molar-refractivity contribution < 1.29 is 9.53 Å². The fourth-order valence-electron chi connectivity index (χ4n) is 3.00. The third-order valence-corrected chi connectivity index (χ3v) is 4.37. The predicted octanol–water partition coefficient (Wildman–Crippen LogP) is 1.84. The average molecular weight is 268 g/mol. The zero-order valence-corrected chi connectivity index (χ0v) is 12.2. The Morgan fingerprint density at radius 2 is 2.32 bits per heavy atom. The van der Waals surface area contributed by atoms with E-state index in [2.05, 4.69) is 17.6 Å². The van der Waals surface area contributed by atoms with Crippen LogP contribution in [0.2, 0.25) is 0 Å². The van der Waals surface area contributed by atoms with Crippen LogP contribution in [0.5, 0.6) is 0 Å². The van der Waals surface area contributed by atoms with Crippen LogP contribution in [0.3, 0.4) is 0 Å². The molecular formula is C15H28N2O2. The van der Waals surface area contributed by atoms with Crippen molar-refractivity contribution in [3.63, 3.8) is 0 Å². The Morgan fingerprint density at radius 3 is 3.00 bits per heavy atom. The minimum absolute atomic E-state index is 0.181. The van der Waals surface area contributed by atoms with Crippen LogP contribution in [0.1, 0.15) is 51.9 Å². The first-order chi connectivity index (χ1) is 9.18. The van der Waals surface area contributed by atoms with Gasteiger partial charge in [0.25, 0.3) is 0 Å². The quantitative estimate of drug-likeness (QED) is 0.800. The lowest BCUT2D eigenvalue weighted by atomic mass is 9.83. The Kier molecular flexibility index (Phi) is 5.64. The van der Waals surface area contributed by atoms with Crippen molar-refractivity contribution in [1.82, 2.24) is 10.6 Å². The minimum Gasteiger partial charge on any atom is -0.378 e. The Balaban J connectivity index is 1.61. The van der Waals surface area contributed by atoms with Crippen molar-refractivity contribution in [2.24, 2.45) is 5.41 Å². The van der Waals surface area contributed by atoms with Crippen molar-refractivity contribution in [3.05, 3.63) is 0 Å². The average Bonchev–Trinajstić information content (AvgIpc) is 2.45. The SMILES string of the molecule is CC1(CNC(=O)CCC2CCCCO2)CCCNC1. The number of piperidine rings is 1. The second kappa shape index (κ2) is 7.25. The second-order valence-corrected chi connectivity index (χ2v) is 6.39. The summed E-state index contributed by atoms with van der Waals surface area (Å²) < 4.78 is 5.65. The molecule has 2 rings (SSSR count). The molecule has 2 heterocycles. The molecule has 0 saturated carbocycles. The van der Waals surface area contributed by atoms with E-state index in [1.807, 2.05) is 0 Å². The van der Waals surface area contributed by atoms with Crippen LogP contribution in [0.25, 0.3) is 0 Å². The molecule has 110 valence electrons. The number of nitrogens with one attached hydrogen (secondary N) is 2. The summed E-state index contributed by atoms with van der Waals surface area (Å²) in [7, 11) is 0. The highest BCUT2D eigenvalue weighted by Gasteiger charge is 2.27. The smallest absolute Gasteiger partial charge is 0.220 e. The van der Waals surface area contributed by atoms with Crippen LogP contribution in [0.4, 0.5) is 0 Å². The zero-order chi connectivity index (χ0) is 13.6. The number of carbonyl (C=O) groups excluding carboxylic acids is 1. The summed E-state index contributed by atoms with van der Waals surface area (Å²) in [5.41, 5.74) is 0.231. The second-order valence-electron chi connectivity index (χ2n) is 6.39. The molecule has 0 aliphatic carbocycles. The zero-order valence-electron chi connectivity index (χ0n) is 12.2. The largest absolute Gasteiger partial charge is 0.378 e. The molecule has 19 heavy (non-hydrogen) atoms. The van der Waals surface area contributed by atoms with E-state index in [0.29, 0.717) is 12.5 Å². The molecule has 0 aromatic carbocycles. The highest BCUT2D eigenvalue weighted by atomic mass is 16.5. The first-order valence-electron chi connectivity index (χ1n) is 7.77. The van der Waals surface area contributed by atoms with Gasteiger partial charge in [0.15, 0.2) is 0 Å². The summed E-state index contributed by atoms with van der Waals surface area (Å²) in [5, 5.41) is 6.51. The van der Waals surface area contributed by atoms with Gasteiger partial charge in [-0.15, -0.1) is 0 Å². The molecular weight excluding hydrogens is 240 g/mol. The molecule has 0 bridgehead atoms. The fraction of sp³-hybridized carbons (Fsp3) is 0.933. The van der Waals surface area contributed by atoms with E-state index in [1.54, 1.807) is 0 Å². The van der Waals surface area contributed by atoms with Gasteiger partial charge in [0.2, 0.25) is 5.91 Å². The molecule has 2 fully saturated rings. The number of amides is 1. The van der Waals surface area contributed by atoms with Crippen LogP contribution in [-0.2, 0) is 9.53 Å². The molecule has 2 unspecified atom stereocenters. The number of carbonyl (C=O) groups is 1. The van der Waals surface area contributed by atoms with Crippen molar-refractivity contribution in [3.8, 4) is 0 Å². The van der Waals surface area contributed by atoms with Gasteiger partial charge in [0.1, 0.15) is 0 Å². The fourth-order valence-corrected chi connectivity index (χ4v) is 3.00. The lowest BCUT2D eigenvalue weighted by molar-refractivity contribution is -0.122. The molecule has 1 amide bonds. The third-order valence-electron chi connectivity index (χ3n) is 4.37. The van der Waals surface area contributed by atoms with Gasteiger partial charge < -0.3 is 15.4 Å². The monoisotopic (exact) mass is 268 g/mol. The first kappa shape index (κ1) is 14.8. The van der Waals surface area contributed by atoms with Crippen LogP contribution < -0.4 is 10.6 Å². The van der Waals surface area contributed by atoms with Crippen LogP contribution in [-0.4, -0.2) is 38.3 Å². The van der Waals surface area contributed by atoms with Gasteiger partial charge in [-0.1, -0.05) is 6.92 Å². The Bertz CT molecular complexity index is 282. The predicted molar refractivity (Wildman–Crippen MR) is 76.0 cm³/mol. The van der Waals surface area contributed by atoms with Crippen molar-refractivity contribution in [2.45, 2.75) is 58.0 Å². The van der Waals surface area contributed by atoms with E-state index >= 15 is 0 Å². The van der Waals surface area contributed by atoms with Gasteiger partial charge in [0, 0.05) is 26.1 Å². The summed E-state index contributed by atoms with van der Waals surface area (Å²) in [6.45, 7) is 6.05. The number of hydrogen-bond acceptors (Lipinski definition) is 3. The maximum atomic E-state index is 11.9. The Labute approximate surface area is 116 Å². The summed E-state index contributed by atoms with van der Waals surface area (Å²) in [4.78, 5) is 11.9. The first-order valence-corrected chi connectivity index (χ1v) is 7.77. The normalized spacial score (nSPS) is 31.9. The Morgan fingerprint density at radius 1 is 1.42 bits per heavy atom. The molecule has 4 nitrogen and oxygen atoms in total. The lowest BCUT2D eigenvalue weighted by Gasteiger charge is -2.34. The minimum atomic E-state index is 0.181. The summed E-state index contributed by atoms with van der Waals surface area (Å²) in [6, 6.07) is 0. The Hall–Kier alpha value is -0.610. The van der Waals surface area contributed by atoms with E-state index in [0.717, 1.165) is 39.1 Å². The van der Waals surface area contributed by atoms with Gasteiger partial charge in [0.05, 0.1) is 6.10 Å². The number of ether oxygens (including phenoxy) is 1. The van der Waals surface area contributed by atoms with Crippen molar-refractivity contribution in [1.29, 1.82) is 0 Å². The molecule has 2 aliphatic rings. The summed E-state index contributed by atoms with van der Waals surface area (Å²) >= 11 is 0. The number of hydrogen-bond donors (Lipinski definition) is 2. The maximum absolute atomic E-state index is 11.9. The van der Waals surface area contributed by atoms with Crippen LogP contribution >= 0.6 is 0 Å². The lowest BCUT2D eigenvalue weighted by Crippen LogP contribution is -2.45. The number of rotatable bonds is 5. The molecule has 2 aliphatic heterocycles. The highest BCUT2D eigenvalue weighted by molar-refractivity contribution is 5.75. The molecule has 2 atom stereocenters. The molecule has 0 aromatic rings. The molecule has 2 saturated heterocycles. The van der Waals surface area contributed by atoms with E-state index in [4.69, 9.17) is 4.74 Å². The third kappa shape index (κ3) is 5.11. The molecule has 0 aromatic heterocycles. The van der Waals surface area contributed by atoms with Crippen LogP contribution in [0, 0.1) is 5.41 Å².